The predicted octanol–water partition coefficient (Wildman–Crippen LogP) is 3.75. The summed E-state index contributed by atoms with van der Waals surface area (Å²) >= 11 is 0. The van der Waals surface area contributed by atoms with Crippen LogP contribution in [-0.4, -0.2) is 25.0 Å². The second kappa shape index (κ2) is 8.52. The fraction of sp³-hybridized carbons (Fsp3) is 0.333. The van der Waals surface area contributed by atoms with E-state index < -0.39 is 0 Å². The van der Waals surface area contributed by atoms with E-state index in [-0.39, 0.29) is 23.8 Å². The van der Waals surface area contributed by atoms with Gasteiger partial charge in [0.05, 0.1) is 11.3 Å². The molecule has 2 N–H and O–H groups in total. The average Bonchev–Trinajstić information content (AvgIpc) is 2.60. The number of ether oxygens (including phenoxy) is 1. The maximum absolute atomic E-state index is 12.2. The number of nitrogens with one attached hydrogen (secondary N) is 2. The molecular weight excluding hydrogens is 328 g/mol. The molecule has 0 spiro atoms. The van der Waals surface area contributed by atoms with Crippen LogP contribution < -0.4 is 15.4 Å². The minimum atomic E-state index is -0.318. The van der Waals surface area contributed by atoms with Gasteiger partial charge in [0, 0.05) is 6.54 Å². The summed E-state index contributed by atoms with van der Waals surface area (Å²) in [6.07, 6.45) is 0. The van der Waals surface area contributed by atoms with E-state index in [0.29, 0.717) is 23.5 Å². The lowest BCUT2D eigenvalue weighted by Crippen LogP contribution is -2.26. The average molecular weight is 354 g/mol. The predicted molar refractivity (Wildman–Crippen MR) is 104 cm³/mol. The van der Waals surface area contributed by atoms with E-state index in [1.807, 2.05) is 31.2 Å². The summed E-state index contributed by atoms with van der Waals surface area (Å²) in [6.45, 7) is 8.67. The Bertz CT molecular complexity index is 762. The molecule has 0 atom stereocenters. The third-order valence-electron chi connectivity index (χ3n) is 3.87. The van der Waals surface area contributed by atoms with E-state index in [2.05, 4.69) is 31.4 Å². The fourth-order valence-electron chi connectivity index (χ4n) is 2.43. The summed E-state index contributed by atoms with van der Waals surface area (Å²) in [6, 6.07) is 14.6. The summed E-state index contributed by atoms with van der Waals surface area (Å²) in [5.74, 6) is 0.0916. The molecule has 2 rings (SSSR count). The highest BCUT2D eigenvalue weighted by Gasteiger charge is 2.14. The molecule has 2 aromatic rings. The van der Waals surface area contributed by atoms with Gasteiger partial charge in [0.15, 0.2) is 6.61 Å². The van der Waals surface area contributed by atoms with Crippen molar-refractivity contribution in [2.75, 3.05) is 18.5 Å². The Morgan fingerprint density at radius 1 is 1.00 bits per heavy atom. The smallest absolute Gasteiger partial charge is 0.262 e. The summed E-state index contributed by atoms with van der Waals surface area (Å²) in [5, 5.41) is 5.46. The molecule has 0 aromatic heterocycles. The quantitative estimate of drug-likeness (QED) is 0.830. The number of hydrogen-bond donors (Lipinski definition) is 2. The van der Waals surface area contributed by atoms with E-state index in [4.69, 9.17) is 4.74 Å². The lowest BCUT2D eigenvalue weighted by molar-refractivity contribution is -0.118. The number of anilines is 1. The van der Waals surface area contributed by atoms with Gasteiger partial charge in [0.2, 0.25) is 0 Å². The molecule has 138 valence electrons. The maximum Gasteiger partial charge on any atom is 0.262 e. The molecule has 2 aromatic carbocycles. The summed E-state index contributed by atoms with van der Waals surface area (Å²) in [5.41, 5.74) is 2.16. The second-order valence-electron chi connectivity index (χ2n) is 7.02. The zero-order valence-corrected chi connectivity index (χ0v) is 15.8. The number of carbonyl (C=O) groups is 2. The van der Waals surface area contributed by atoms with Gasteiger partial charge in [0.1, 0.15) is 5.75 Å². The second-order valence-corrected chi connectivity index (χ2v) is 7.02. The molecule has 5 heteroatoms. The van der Waals surface area contributed by atoms with Crippen molar-refractivity contribution in [3.05, 3.63) is 59.7 Å². The van der Waals surface area contributed by atoms with Crippen LogP contribution in [0.5, 0.6) is 5.75 Å². The van der Waals surface area contributed by atoms with Gasteiger partial charge < -0.3 is 15.4 Å². The van der Waals surface area contributed by atoms with Crippen molar-refractivity contribution in [3.8, 4) is 5.75 Å². The Balaban J connectivity index is 1.96. The molecule has 5 nitrogen and oxygen atoms in total. The van der Waals surface area contributed by atoms with Gasteiger partial charge >= 0.3 is 0 Å². The Hall–Kier alpha value is -2.82. The van der Waals surface area contributed by atoms with E-state index in [9.17, 15) is 9.59 Å². The van der Waals surface area contributed by atoms with Crippen LogP contribution in [0.2, 0.25) is 0 Å². The lowest BCUT2D eigenvalue weighted by Gasteiger charge is -2.19. The molecule has 0 aliphatic heterocycles. The minimum Gasteiger partial charge on any atom is -0.484 e. The van der Waals surface area contributed by atoms with Crippen LogP contribution in [-0.2, 0) is 10.2 Å². The molecule has 0 unspecified atom stereocenters. The fourth-order valence-corrected chi connectivity index (χ4v) is 2.43. The zero-order valence-electron chi connectivity index (χ0n) is 15.8. The van der Waals surface area contributed by atoms with Crippen molar-refractivity contribution < 1.29 is 14.3 Å². The lowest BCUT2D eigenvalue weighted by atomic mass is 9.87. The summed E-state index contributed by atoms with van der Waals surface area (Å²) in [7, 11) is 0. The van der Waals surface area contributed by atoms with E-state index >= 15 is 0 Å². The first kappa shape index (κ1) is 19.5. The normalized spacial score (nSPS) is 10.9. The molecule has 0 heterocycles. The molecule has 0 bridgehead atoms. The highest BCUT2D eigenvalue weighted by Crippen LogP contribution is 2.24. The van der Waals surface area contributed by atoms with Gasteiger partial charge in [-0.15, -0.1) is 0 Å². The van der Waals surface area contributed by atoms with Crippen LogP contribution in [0, 0.1) is 0 Å². The van der Waals surface area contributed by atoms with E-state index in [0.717, 1.165) is 0 Å². The number of hydrogen-bond acceptors (Lipinski definition) is 3. The van der Waals surface area contributed by atoms with Gasteiger partial charge in [-0.1, -0.05) is 45.0 Å². The third kappa shape index (κ3) is 5.34. The van der Waals surface area contributed by atoms with Gasteiger partial charge in [-0.25, -0.2) is 0 Å². The maximum atomic E-state index is 12.2. The van der Waals surface area contributed by atoms with Crippen LogP contribution in [0.3, 0.4) is 0 Å². The van der Waals surface area contributed by atoms with Crippen molar-refractivity contribution in [1.29, 1.82) is 0 Å². The van der Waals surface area contributed by atoms with Crippen LogP contribution in [0.1, 0.15) is 43.6 Å². The Morgan fingerprint density at radius 2 is 1.65 bits per heavy atom. The van der Waals surface area contributed by atoms with Crippen molar-refractivity contribution in [1.82, 2.24) is 5.32 Å². The minimum absolute atomic E-state index is 0.0681. The summed E-state index contributed by atoms with van der Waals surface area (Å²) < 4.78 is 5.54. The first-order valence-electron chi connectivity index (χ1n) is 8.71. The van der Waals surface area contributed by atoms with Crippen LogP contribution >= 0.6 is 0 Å². The monoisotopic (exact) mass is 354 g/mol. The standard InChI is InChI=1S/C21H26N2O3/c1-5-22-20(25)17-8-6-7-9-18(17)23-19(24)14-26-16-12-10-15(11-13-16)21(2,3)4/h6-13H,5,14H2,1-4H3,(H,22,25)(H,23,24). The van der Waals surface area contributed by atoms with Crippen molar-refractivity contribution in [3.63, 3.8) is 0 Å². The van der Waals surface area contributed by atoms with E-state index in [1.165, 1.54) is 5.56 Å². The molecule has 0 radical (unpaired) electrons. The van der Waals surface area contributed by atoms with Crippen molar-refractivity contribution in [2.24, 2.45) is 0 Å². The largest absolute Gasteiger partial charge is 0.484 e. The van der Waals surface area contributed by atoms with Crippen LogP contribution in [0.4, 0.5) is 5.69 Å². The topological polar surface area (TPSA) is 67.4 Å². The first-order chi connectivity index (χ1) is 12.3. The van der Waals surface area contributed by atoms with Crippen molar-refractivity contribution in [2.45, 2.75) is 33.1 Å². The number of carbonyl (C=O) groups excluding carboxylic acids is 2. The van der Waals surface area contributed by atoms with Gasteiger partial charge in [-0.05, 0) is 42.2 Å². The van der Waals surface area contributed by atoms with Gasteiger partial charge in [-0.3, -0.25) is 9.59 Å². The first-order valence-corrected chi connectivity index (χ1v) is 8.71. The van der Waals surface area contributed by atoms with Crippen molar-refractivity contribution >= 4 is 17.5 Å². The Morgan fingerprint density at radius 3 is 2.27 bits per heavy atom. The van der Waals surface area contributed by atoms with Crippen LogP contribution in [0.15, 0.2) is 48.5 Å². The highest BCUT2D eigenvalue weighted by molar-refractivity contribution is 6.04. The molecular formula is C21H26N2O3. The molecule has 0 fully saturated rings. The summed E-state index contributed by atoms with van der Waals surface area (Å²) in [4.78, 5) is 24.2. The molecule has 0 saturated carbocycles. The molecule has 2 amide bonds. The molecule has 26 heavy (non-hydrogen) atoms. The van der Waals surface area contributed by atoms with Crippen LogP contribution in [0.25, 0.3) is 0 Å². The third-order valence-corrected chi connectivity index (χ3v) is 3.87. The molecule has 0 saturated heterocycles. The highest BCUT2D eigenvalue weighted by atomic mass is 16.5. The van der Waals surface area contributed by atoms with E-state index in [1.54, 1.807) is 24.3 Å². The zero-order chi connectivity index (χ0) is 19.2. The number of benzene rings is 2. The van der Waals surface area contributed by atoms with Gasteiger partial charge in [0.25, 0.3) is 11.8 Å². The Kier molecular flexibility index (Phi) is 6.39. The number of amides is 2. The Labute approximate surface area is 154 Å². The van der Waals surface area contributed by atoms with Gasteiger partial charge in [-0.2, -0.15) is 0 Å². The number of para-hydroxylation sites is 1. The molecule has 0 aliphatic rings. The molecule has 0 aliphatic carbocycles. The SMILES string of the molecule is CCNC(=O)c1ccccc1NC(=O)COc1ccc(C(C)(C)C)cc1. The number of rotatable bonds is 6.